The molecule has 0 amide bonds. The van der Waals surface area contributed by atoms with Gasteiger partial charge in [0.05, 0.1) is 16.2 Å². The lowest BCUT2D eigenvalue weighted by molar-refractivity contribution is -0.137. The van der Waals surface area contributed by atoms with Gasteiger partial charge in [-0.25, -0.2) is 13.4 Å². The summed E-state index contributed by atoms with van der Waals surface area (Å²) < 4.78 is 65.7. The zero-order chi connectivity index (χ0) is 21.4. The number of nitrogens with zero attached hydrogens (tertiary/aromatic N) is 3. The number of alkyl halides is 3. The number of piperazine rings is 1. The van der Waals surface area contributed by atoms with Gasteiger partial charge in [0.25, 0.3) is 0 Å². The van der Waals surface area contributed by atoms with Crippen LogP contribution in [0.25, 0.3) is 11.3 Å². The van der Waals surface area contributed by atoms with Crippen molar-refractivity contribution in [2.75, 3.05) is 31.1 Å². The van der Waals surface area contributed by atoms with E-state index in [9.17, 15) is 21.6 Å². The van der Waals surface area contributed by atoms with Gasteiger partial charge in [0.2, 0.25) is 10.0 Å². The lowest BCUT2D eigenvalue weighted by Gasteiger charge is -2.33. The Bertz CT molecular complexity index is 1120. The molecular formula is C20H18F3N3O2S2. The van der Waals surface area contributed by atoms with Crippen LogP contribution in [-0.2, 0) is 16.2 Å². The zero-order valence-corrected chi connectivity index (χ0v) is 17.3. The molecule has 5 nitrogen and oxygen atoms in total. The van der Waals surface area contributed by atoms with Crippen LogP contribution in [0.15, 0.2) is 64.9 Å². The number of benzene rings is 2. The molecule has 0 atom stereocenters. The third kappa shape index (κ3) is 4.21. The first kappa shape index (κ1) is 20.8. The Labute approximate surface area is 176 Å². The molecule has 1 aromatic heterocycles. The number of hydrogen-bond donors (Lipinski definition) is 0. The predicted molar refractivity (Wildman–Crippen MR) is 110 cm³/mol. The number of sulfonamides is 1. The van der Waals surface area contributed by atoms with Crippen LogP contribution in [0.3, 0.4) is 0 Å². The number of anilines is 1. The molecule has 30 heavy (non-hydrogen) atoms. The van der Waals surface area contributed by atoms with Crippen molar-refractivity contribution in [1.82, 2.24) is 9.29 Å². The maximum Gasteiger partial charge on any atom is 0.416 e. The van der Waals surface area contributed by atoms with E-state index in [1.165, 1.54) is 21.7 Å². The number of hydrogen-bond acceptors (Lipinski definition) is 5. The normalized spacial score (nSPS) is 16.0. The average Bonchev–Trinajstić information content (AvgIpc) is 3.24. The van der Waals surface area contributed by atoms with Gasteiger partial charge in [0, 0.05) is 37.1 Å². The van der Waals surface area contributed by atoms with E-state index in [0.717, 1.165) is 28.5 Å². The monoisotopic (exact) mass is 453 g/mol. The van der Waals surface area contributed by atoms with Crippen molar-refractivity contribution >= 4 is 26.5 Å². The van der Waals surface area contributed by atoms with Gasteiger partial charge in [-0.2, -0.15) is 17.5 Å². The second kappa shape index (κ2) is 8.01. The molecule has 0 saturated carbocycles. The highest BCUT2D eigenvalue weighted by atomic mass is 32.2. The summed E-state index contributed by atoms with van der Waals surface area (Å²) in [4.78, 5) is 6.29. The predicted octanol–water partition coefficient (Wildman–Crippen LogP) is 4.34. The minimum Gasteiger partial charge on any atom is -0.345 e. The van der Waals surface area contributed by atoms with Crippen LogP contribution in [0, 0.1) is 0 Å². The second-order valence-electron chi connectivity index (χ2n) is 6.80. The van der Waals surface area contributed by atoms with Gasteiger partial charge in [0.1, 0.15) is 0 Å². The summed E-state index contributed by atoms with van der Waals surface area (Å²) in [5, 5.41) is 2.75. The molecule has 4 rings (SSSR count). The van der Waals surface area contributed by atoms with Crippen molar-refractivity contribution in [3.05, 3.63) is 65.5 Å². The largest absolute Gasteiger partial charge is 0.416 e. The highest BCUT2D eigenvalue weighted by molar-refractivity contribution is 7.89. The molecule has 1 aliphatic rings. The summed E-state index contributed by atoms with van der Waals surface area (Å²) in [6.07, 6.45) is -4.59. The molecule has 0 radical (unpaired) electrons. The standard InChI is InChI=1S/C20H18F3N3O2S2/c21-20(22,23)16-7-4-8-17(13-16)30(27,28)26-11-9-25(10-12-26)19-24-18(14-29-19)15-5-2-1-3-6-15/h1-8,13-14H,9-12H2. The fraction of sp³-hybridized carbons (Fsp3) is 0.250. The molecule has 3 aromatic rings. The quantitative estimate of drug-likeness (QED) is 0.590. The third-order valence-electron chi connectivity index (χ3n) is 4.87. The molecular weight excluding hydrogens is 435 g/mol. The molecule has 1 fully saturated rings. The summed E-state index contributed by atoms with van der Waals surface area (Å²) in [5.41, 5.74) is 0.888. The maximum absolute atomic E-state index is 12.9. The van der Waals surface area contributed by atoms with Crippen LogP contribution in [0.1, 0.15) is 5.56 Å². The molecule has 1 saturated heterocycles. The highest BCUT2D eigenvalue weighted by Crippen LogP contribution is 2.32. The molecule has 2 aromatic carbocycles. The molecule has 10 heteroatoms. The van der Waals surface area contributed by atoms with Gasteiger partial charge < -0.3 is 4.90 Å². The summed E-state index contributed by atoms with van der Waals surface area (Å²) in [7, 11) is -4.00. The van der Waals surface area contributed by atoms with E-state index in [1.54, 1.807) is 0 Å². The Hall–Kier alpha value is -2.43. The smallest absolute Gasteiger partial charge is 0.345 e. The van der Waals surface area contributed by atoms with Crippen molar-refractivity contribution in [3.63, 3.8) is 0 Å². The Kier molecular flexibility index (Phi) is 5.56. The van der Waals surface area contributed by atoms with Crippen LogP contribution in [0.2, 0.25) is 0 Å². The zero-order valence-electron chi connectivity index (χ0n) is 15.7. The minimum atomic E-state index is -4.59. The third-order valence-corrected chi connectivity index (χ3v) is 7.67. The summed E-state index contributed by atoms with van der Waals surface area (Å²) >= 11 is 1.48. The maximum atomic E-state index is 12.9. The second-order valence-corrected chi connectivity index (χ2v) is 9.57. The topological polar surface area (TPSA) is 53.5 Å². The minimum absolute atomic E-state index is 0.179. The molecule has 0 unspecified atom stereocenters. The van der Waals surface area contributed by atoms with Gasteiger partial charge in [-0.3, -0.25) is 0 Å². The van der Waals surface area contributed by atoms with E-state index >= 15 is 0 Å². The Balaban J connectivity index is 1.46. The van der Waals surface area contributed by atoms with Crippen LogP contribution >= 0.6 is 11.3 Å². The fourth-order valence-corrected chi connectivity index (χ4v) is 5.61. The van der Waals surface area contributed by atoms with Crippen molar-refractivity contribution in [2.24, 2.45) is 0 Å². The van der Waals surface area contributed by atoms with E-state index in [1.807, 2.05) is 40.6 Å². The van der Waals surface area contributed by atoms with Gasteiger partial charge in [-0.15, -0.1) is 11.3 Å². The lowest BCUT2D eigenvalue weighted by Crippen LogP contribution is -2.48. The van der Waals surface area contributed by atoms with Gasteiger partial charge in [0.15, 0.2) is 5.13 Å². The Morgan fingerprint density at radius 1 is 0.933 bits per heavy atom. The molecule has 1 aliphatic heterocycles. The molecule has 0 aliphatic carbocycles. The van der Waals surface area contributed by atoms with E-state index in [0.29, 0.717) is 19.2 Å². The molecule has 0 bridgehead atoms. The van der Waals surface area contributed by atoms with Gasteiger partial charge in [-0.05, 0) is 18.2 Å². The molecule has 158 valence electrons. The van der Waals surface area contributed by atoms with E-state index < -0.39 is 21.8 Å². The van der Waals surface area contributed by atoms with Crippen LogP contribution in [-0.4, -0.2) is 43.9 Å². The summed E-state index contributed by atoms with van der Waals surface area (Å²) in [5.74, 6) is 0. The highest BCUT2D eigenvalue weighted by Gasteiger charge is 2.34. The first-order chi connectivity index (χ1) is 14.2. The van der Waals surface area contributed by atoms with Crippen LogP contribution in [0.5, 0.6) is 0 Å². The number of thiazole rings is 1. The fourth-order valence-electron chi connectivity index (χ4n) is 3.25. The summed E-state index contributed by atoms with van der Waals surface area (Å²) in [6.45, 7) is 1.19. The lowest BCUT2D eigenvalue weighted by atomic mass is 10.2. The molecule has 2 heterocycles. The Morgan fingerprint density at radius 2 is 1.63 bits per heavy atom. The van der Waals surface area contributed by atoms with Crippen molar-refractivity contribution in [3.8, 4) is 11.3 Å². The Morgan fingerprint density at radius 3 is 2.30 bits per heavy atom. The van der Waals surface area contributed by atoms with Crippen molar-refractivity contribution < 1.29 is 21.6 Å². The van der Waals surface area contributed by atoms with E-state index in [2.05, 4.69) is 4.98 Å². The van der Waals surface area contributed by atoms with Gasteiger partial charge >= 0.3 is 6.18 Å². The van der Waals surface area contributed by atoms with Crippen LogP contribution < -0.4 is 4.90 Å². The van der Waals surface area contributed by atoms with E-state index in [4.69, 9.17) is 0 Å². The van der Waals surface area contributed by atoms with Gasteiger partial charge in [-0.1, -0.05) is 36.4 Å². The van der Waals surface area contributed by atoms with Crippen molar-refractivity contribution in [2.45, 2.75) is 11.1 Å². The first-order valence-corrected chi connectivity index (χ1v) is 11.5. The number of halogens is 3. The summed E-state index contributed by atoms with van der Waals surface area (Å²) in [6, 6.07) is 13.6. The van der Waals surface area contributed by atoms with Crippen LogP contribution in [0.4, 0.5) is 18.3 Å². The first-order valence-electron chi connectivity index (χ1n) is 9.18. The molecule has 0 spiro atoms. The van der Waals surface area contributed by atoms with Crippen molar-refractivity contribution in [1.29, 1.82) is 0 Å². The average molecular weight is 454 g/mol. The number of aromatic nitrogens is 1. The molecule has 0 N–H and O–H groups in total. The van der Waals surface area contributed by atoms with E-state index in [-0.39, 0.29) is 18.0 Å². The SMILES string of the molecule is O=S(=O)(c1cccc(C(F)(F)F)c1)N1CCN(c2nc(-c3ccccc3)cs2)CC1. The number of rotatable bonds is 4.